The van der Waals surface area contributed by atoms with Crippen LogP contribution in [0.15, 0.2) is 12.3 Å². The van der Waals surface area contributed by atoms with Gasteiger partial charge in [-0.2, -0.15) is 0 Å². The lowest BCUT2D eigenvalue weighted by Gasteiger charge is -2.28. The molecule has 2 heterocycles. The van der Waals surface area contributed by atoms with Crippen molar-refractivity contribution >= 4 is 5.91 Å². The molecule has 1 saturated heterocycles. The van der Waals surface area contributed by atoms with Crippen LogP contribution in [-0.4, -0.2) is 66.7 Å². The molecule has 106 valence electrons. The molecule has 0 radical (unpaired) electrons. The molecule has 19 heavy (non-hydrogen) atoms. The summed E-state index contributed by atoms with van der Waals surface area (Å²) in [5, 5.41) is 0. The summed E-state index contributed by atoms with van der Waals surface area (Å²) in [4.78, 5) is 16.5. The predicted octanol–water partition coefficient (Wildman–Crippen LogP) is 0.738. The van der Waals surface area contributed by atoms with Gasteiger partial charge in [-0.15, -0.1) is 0 Å². The van der Waals surface area contributed by atoms with Crippen molar-refractivity contribution in [1.29, 1.82) is 0 Å². The van der Waals surface area contributed by atoms with Gasteiger partial charge in [0, 0.05) is 52.2 Å². The Morgan fingerprint density at radius 2 is 2.11 bits per heavy atom. The summed E-state index contributed by atoms with van der Waals surface area (Å²) in [5.41, 5.74) is 1.82. The highest BCUT2D eigenvalue weighted by atomic mass is 16.5. The van der Waals surface area contributed by atoms with Crippen LogP contribution in [0.1, 0.15) is 16.1 Å². The lowest BCUT2D eigenvalue weighted by atomic mass is 10.2. The highest BCUT2D eigenvalue weighted by molar-refractivity contribution is 5.95. The van der Waals surface area contributed by atoms with Gasteiger partial charge < -0.3 is 14.2 Å². The van der Waals surface area contributed by atoms with Crippen molar-refractivity contribution in [2.45, 2.75) is 6.92 Å². The number of hydrogen-bond acceptors (Lipinski definition) is 3. The van der Waals surface area contributed by atoms with E-state index >= 15 is 0 Å². The van der Waals surface area contributed by atoms with Crippen molar-refractivity contribution in [2.75, 3.05) is 46.4 Å². The molecule has 0 aliphatic carbocycles. The molecule has 1 aliphatic heterocycles. The minimum Gasteiger partial charge on any atom is -0.379 e. The van der Waals surface area contributed by atoms with Gasteiger partial charge in [0.2, 0.25) is 0 Å². The molecule has 1 fully saturated rings. The standard InChI is InChI=1S/C14H23N3O2/c1-12-13(4-5-15(12)2)14(18)16(3)6-7-17-8-10-19-11-9-17/h4-5H,6-11H2,1-3H3. The molecule has 0 atom stereocenters. The average molecular weight is 265 g/mol. The van der Waals surface area contributed by atoms with E-state index in [-0.39, 0.29) is 5.91 Å². The molecule has 5 nitrogen and oxygen atoms in total. The second-order valence-electron chi connectivity index (χ2n) is 5.11. The van der Waals surface area contributed by atoms with Crippen LogP contribution in [-0.2, 0) is 11.8 Å². The second-order valence-corrected chi connectivity index (χ2v) is 5.11. The highest BCUT2D eigenvalue weighted by Gasteiger charge is 2.17. The maximum Gasteiger partial charge on any atom is 0.255 e. The molecule has 5 heteroatoms. The summed E-state index contributed by atoms with van der Waals surface area (Å²) in [5.74, 6) is 0.103. The first-order valence-electron chi connectivity index (χ1n) is 6.77. The molecular formula is C14H23N3O2. The Balaban J connectivity index is 1.87. The first-order chi connectivity index (χ1) is 9.09. The van der Waals surface area contributed by atoms with Crippen LogP contribution in [0.2, 0.25) is 0 Å². The molecule has 0 saturated carbocycles. The number of morpholine rings is 1. The zero-order valence-electron chi connectivity index (χ0n) is 12.1. The minimum absolute atomic E-state index is 0.103. The Morgan fingerprint density at radius 1 is 1.42 bits per heavy atom. The van der Waals surface area contributed by atoms with Crippen LogP contribution in [0, 0.1) is 6.92 Å². The number of carbonyl (C=O) groups is 1. The van der Waals surface area contributed by atoms with Gasteiger partial charge in [-0.1, -0.05) is 0 Å². The topological polar surface area (TPSA) is 37.7 Å². The summed E-state index contributed by atoms with van der Waals surface area (Å²) in [7, 11) is 3.83. The largest absolute Gasteiger partial charge is 0.379 e. The van der Waals surface area contributed by atoms with Crippen LogP contribution in [0.25, 0.3) is 0 Å². The zero-order chi connectivity index (χ0) is 13.8. The highest BCUT2D eigenvalue weighted by Crippen LogP contribution is 2.11. The maximum absolute atomic E-state index is 12.3. The van der Waals surface area contributed by atoms with Gasteiger partial charge in [0.25, 0.3) is 5.91 Å². The van der Waals surface area contributed by atoms with Crippen molar-refractivity contribution < 1.29 is 9.53 Å². The third-order valence-electron chi connectivity index (χ3n) is 3.82. The van der Waals surface area contributed by atoms with E-state index in [1.165, 1.54) is 0 Å². The molecule has 0 aromatic carbocycles. The van der Waals surface area contributed by atoms with E-state index in [0.29, 0.717) is 0 Å². The summed E-state index contributed by atoms with van der Waals surface area (Å²) in [6, 6.07) is 1.89. The third kappa shape index (κ3) is 3.36. The van der Waals surface area contributed by atoms with Gasteiger partial charge in [-0.05, 0) is 13.0 Å². The third-order valence-corrected chi connectivity index (χ3v) is 3.82. The number of aryl methyl sites for hydroxylation is 1. The quantitative estimate of drug-likeness (QED) is 0.806. The fraction of sp³-hybridized carbons (Fsp3) is 0.643. The lowest BCUT2D eigenvalue weighted by Crippen LogP contribution is -2.42. The molecule has 1 aliphatic rings. The van der Waals surface area contributed by atoms with Crippen LogP contribution in [0.3, 0.4) is 0 Å². The smallest absolute Gasteiger partial charge is 0.255 e. The SMILES string of the molecule is Cc1c(C(=O)N(C)CCN2CCOCC2)ccn1C. The summed E-state index contributed by atoms with van der Waals surface area (Å²) in [6.07, 6.45) is 1.93. The van der Waals surface area contributed by atoms with Gasteiger partial charge in [0.1, 0.15) is 0 Å². The monoisotopic (exact) mass is 265 g/mol. The summed E-state index contributed by atoms with van der Waals surface area (Å²) >= 11 is 0. The van der Waals surface area contributed by atoms with Gasteiger partial charge >= 0.3 is 0 Å². The van der Waals surface area contributed by atoms with Crippen molar-refractivity contribution in [3.8, 4) is 0 Å². The Bertz CT molecular complexity index is 436. The normalized spacial score (nSPS) is 16.6. The predicted molar refractivity (Wildman–Crippen MR) is 74.4 cm³/mol. The average Bonchev–Trinajstić information content (AvgIpc) is 2.77. The van der Waals surface area contributed by atoms with Gasteiger partial charge in [-0.3, -0.25) is 9.69 Å². The van der Waals surface area contributed by atoms with Crippen molar-refractivity contribution in [2.24, 2.45) is 7.05 Å². The molecule has 1 amide bonds. The summed E-state index contributed by atoms with van der Waals surface area (Å²) < 4.78 is 7.29. The Hall–Kier alpha value is -1.33. The van der Waals surface area contributed by atoms with Crippen LogP contribution >= 0.6 is 0 Å². The number of likely N-dealkylation sites (N-methyl/N-ethyl adjacent to an activating group) is 1. The molecule has 0 unspecified atom stereocenters. The van der Waals surface area contributed by atoms with E-state index in [1.54, 1.807) is 4.90 Å². The molecule has 1 aromatic heterocycles. The first kappa shape index (κ1) is 14.1. The van der Waals surface area contributed by atoms with Crippen LogP contribution in [0.4, 0.5) is 0 Å². The number of carbonyl (C=O) groups excluding carboxylic acids is 1. The van der Waals surface area contributed by atoms with Crippen molar-refractivity contribution in [3.63, 3.8) is 0 Å². The van der Waals surface area contributed by atoms with E-state index in [4.69, 9.17) is 4.74 Å². The Labute approximate surface area is 114 Å². The van der Waals surface area contributed by atoms with Gasteiger partial charge in [0.05, 0.1) is 18.8 Å². The number of nitrogens with zero attached hydrogens (tertiary/aromatic N) is 3. The molecular weight excluding hydrogens is 242 g/mol. The van der Waals surface area contributed by atoms with Crippen molar-refractivity contribution in [1.82, 2.24) is 14.4 Å². The molecule has 0 N–H and O–H groups in total. The number of aromatic nitrogens is 1. The van der Waals surface area contributed by atoms with Crippen molar-refractivity contribution in [3.05, 3.63) is 23.5 Å². The molecule has 2 rings (SSSR count). The van der Waals surface area contributed by atoms with E-state index in [1.807, 2.05) is 37.8 Å². The van der Waals surface area contributed by atoms with E-state index in [2.05, 4.69) is 4.90 Å². The molecule has 0 spiro atoms. The number of amides is 1. The molecule has 1 aromatic rings. The number of ether oxygens (including phenoxy) is 1. The zero-order valence-corrected chi connectivity index (χ0v) is 12.1. The fourth-order valence-electron chi connectivity index (χ4n) is 2.26. The van der Waals surface area contributed by atoms with Gasteiger partial charge in [0.15, 0.2) is 0 Å². The van der Waals surface area contributed by atoms with E-state index in [9.17, 15) is 4.79 Å². The fourth-order valence-corrected chi connectivity index (χ4v) is 2.26. The maximum atomic E-state index is 12.3. The lowest BCUT2D eigenvalue weighted by molar-refractivity contribution is 0.0338. The van der Waals surface area contributed by atoms with E-state index in [0.717, 1.165) is 50.7 Å². The summed E-state index contributed by atoms with van der Waals surface area (Å²) in [6.45, 7) is 7.18. The molecule has 0 bridgehead atoms. The Morgan fingerprint density at radius 3 is 2.68 bits per heavy atom. The van der Waals surface area contributed by atoms with E-state index < -0.39 is 0 Å². The Kier molecular flexibility index (Phi) is 4.61. The van der Waals surface area contributed by atoms with Gasteiger partial charge in [-0.25, -0.2) is 0 Å². The second kappa shape index (κ2) is 6.21. The number of hydrogen-bond donors (Lipinski definition) is 0. The number of rotatable bonds is 4. The van der Waals surface area contributed by atoms with Crippen LogP contribution < -0.4 is 0 Å². The first-order valence-corrected chi connectivity index (χ1v) is 6.77. The minimum atomic E-state index is 0.103. The van der Waals surface area contributed by atoms with Crippen LogP contribution in [0.5, 0.6) is 0 Å².